The third kappa shape index (κ3) is 2.11. The molecular weight excluding hydrogens is 267 g/mol. The van der Waals surface area contributed by atoms with Crippen LogP contribution < -0.4 is 0 Å². The highest BCUT2D eigenvalue weighted by Gasteiger charge is 2.20. The van der Waals surface area contributed by atoms with Crippen LogP contribution in [0.4, 0.5) is 0 Å². The Hall–Kier alpha value is -0.550. The van der Waals surface area contributed by atoms with E-state index in [0.29, 0.717) is 20.1 Å². The molecule has 0 radical (unpaired) electrons. The molecule has 2 aromatic rings. The Kier molecular flexibility index (Phi) is 3.54. The SMILES string of the molecule is CCn1ccnc1C(O)c1cc(Cl)sc1Cl. The van der Waals surface area contributed by atoms with Crippen molar-refractivity contribution in [2.24, 2.45) is 0 Å². The molecule has 0 aliphatic rings. The third-order valence-corrected chi connectivity index (χ3v) is 3.83. The first-order chi connectivity index (χ1) is 7.63. The number of halogens is 2. The van der Waals surface area contributed by atoms with Crippen LogP contribution in [0.3, 0.4) is 0 Å². The summed E-state index contributed by atoms with van der Waals surface area (Å²) >= 11 is 13.1. The van der Waals surface area contributed by atoms with E-state index < -0.39 is 6.10 Å². The topological polar surface area (TPSA) is 38.0 Å². The Labute approximate surface area is 107 Å². The van der Waals surface area contributed by atoms with Crippen LogP contribution >= 0.6 is 34.5 Å². The van der Waals surface area contributed by atoms with Crippen molar-refractivity contribution in [3.8, 4) is 0 Å². The minimum Gasteiger partial charge on any atom is -0.380 e. The summed E-state index contributed by atoms with van der Waals surface area (Å²) in [5.41, 5.74) is 0.609. The monoisotopic (exact) mass is 276 g/mol. The highest BCUT2D eigenvalue weighted by molar-refractivity contribution is 7.20. The fourth-order valence-corrected chi connectivity index (χ4v) is 3.03. The van der Waals surface area contributed by atoms with Crippen LogP contribution in [0.25, 0.3) is 0 Å². The summed E-state index contributed by atoms with van der Waals surface area (Å²) in [6.07, 6.45) is 2.65. The lowest BCUT2D eigenvalue weighted by atomic mass is 10.2. The van der Waals surface area contributed by atoms with Gasteiger partial charge in [-0.15, -0.1) is 11.3 Å². The molecule has 86 valence electrons. The van der Waals surface area contributed by atoms with Gasteiger partial charge in [0.25, 0.3) is 0 Å². The molecule has 0 amide bonds. The summed E-state index contributed by atoms with van der Waals surface area (Å²) in [5.74, 6) is 0.582. The summed E-state index contributed by atoms with van der Waals surface area (Å²) in [6.45, 7) is 2.74. The average Bonchev–Trinajstić information content (AvgIpc) is 2.83. The number of aryl methyl sites for hydroxylation is 1. The Morgan fingerprint density at radius 3 is 2.88 bits per heavy atom. The summed E-state index contributed by atoms with van der Waals surface area (Å²) in [7, 11) is 0. The number of imidazole rings is 1. The molecule has 3 nitrogen and oxygen atoms in total. The number of aliphatic hydroxyl groups excluding tert-OH is 1. The quantitative estimate of drug-likeness (QED) is 0.934. The van der Waals surface area contributed by atoms with Crippen molar-refractivity contribution in [3.05, 3.63) is 38.5 Å². The van der Waals surface area contributed by atoms with E-state index in [1.54, 1.807) is 12.3 Å². The van der Waals surface area contributed by atoms with E-state index in [2.05, 4.69) is 4.98 Å². The molecule has 1 unspecified atom stereocenters. The van der Waals surface area contributed by atoms with Crippen molar-refractivity contribution in [2.75, 3.05) is 0 Å². The van der Waals surface area contributed by atoms with E-state index in [-0.39, 0.29) is 0 Å². The molecule has 0 saturated carbocycles. The zero-order chi connectivity index (χ0) is 11.7. The molecule has 2 rings (SSSR count). The van der Waals surface area contributed by atoms with Crippen molar-refractivity contribution in [3.63, 3.8) is 0 Å². The maximum absolute atomic E-state index is 10.2. The van der Waals surface area contributed by atoms with Crippen LogP contribution in [-0.2, 0) is 6.54 Å². The fourth-order valence-electron chi connectivity index (χ4n) is 1.51. The van der Waals surface area contributed by atoms with Crippen molar-refractivity contribution >= 4 is 34.5 Å². The van der Waals surface area contributed by atoms with Gasteiger partial charge in [-0.1, -0.05) is 23.2 Å². The second kappa shape index (κ2) is 4.75. The number of nitrogens with zero attached hydrogens (tertiary/aromatic N) is 2. The first-order valence-electron chi connectivity index (χ1n) is 4.77. The van der Waals surface area contributed by atoms with E-state index >= 15 is 0 Å². The van der Waals surface area contributed by atoms with Crippen LogP contribution in [-0.4, -0.2) is 14.7 Å². The van der Waals surface area contributed by atoms with Crippen molar-refractivity contribution in [1.82, 2.24) is 9.55 Å². The van der Waals surface area contributed by atoms with Gasteiger partial charge in [-0.2, -0.15) is 0 Å². The van der Waals surface area contributed by atoms with E-state index in [1.165, 1.54) is 11.3 Å². The van der Waals surface area contributed by atoms with Crippen molar-refractivity contribution in [2.45, 2.75) is 19.6 Å². The van der Waals surface area contributed by atoms with Gasteiger partial charge in [-0.25, -0.2) is 4.98 Å². The predicted octanol–water partition coefficient (Wildman–Crippen LogP) is 3.35. The van der Waals surface area contributed by atoms with Gasteiger partial charge in [0.2, 0.25) is 0 Å². The average molecular weight is 277 g/mol. The number of hydrogen-bond donors (Lipinski definition) is 1. The van der Waals surface area contributed by atoms with Crippen LogP contribution in [0, 0.1) is 0 Å². The molecule has 1 atom stereocenters. The molecule has 0 saturated heterocycles. The Morgan fingerprint density at radius 2 is 2.31 bits per heavy atom. The molecule has 1 N–H and O–H groups in total. The zero-order valence-electron chi connectivity index (χ0n) is 8.52. The minimum atomic E-state index is -0.828. The standard InChI is InChI=1S/C10H10Cl2N2OS/c1-2-14-4-3-13-10(14)8(15)6-5-7(11)16-9(6)12/h3-5,8,15H,2H2,1H3. The van der Waals surface area contributed by atoms with Crippen molar-refractivity contribution in [1.29, 1.82) is 0 Å². The molecule has 0 bridgehead atoms. The highest BCUT2D eigenvalue weighted by Crippen LogP contribution is 2.36. The normalized spacial score (nSPS) is 13.0. The maximum Gasteiger partial charge on any atom is 0.142 e. The predicted molar refractivity (Wildman–Crippen MR) is 66.3 cm³/mol. The van der Waals surface area contributed by atoms with Gasteiger partial charge in [0.15, 0.2) is 0 Å². The molecular formula is C10H10Cl2N2OS. The molecule has 0 aromatic carbocycles. The lowest BCUT2D eigenvalue weighted by molar-refractivity contribution is 0.205. The number of thiophene rings is 1. The third-order valence-electron chi connectivity index (χ3n) is 2.31. The van der Waals surface area contributed by atoms with Gasteiger partial charge in [-0.05, 0) is 13.0 Å². The molecule has 16 heavy (non-hydrogen) atoms. The second-order valence-electron chi connectivity index (χ2n) is 3.25. The molecule has 0 aliphatic heterocycles. The number of aromatic nitrogens is 2. The second-order valence-corrected chi connectivity index (χ2v) is 5.54. The fraction of sp³-hybridized carbons (Fsp3) is 0.300. The Balaban J connectivity index is 2.38. The van der Waals surface area contributed by atoms with Crippen LogP contribution in [0.15, 0.2) is 18.5 Å². The smallest absolute Gasteiger partial charge is 0.142 e. The van der Waals surface area contributed by atoms with E-state index in [9.17, 15) is 5.11 Å². The van der Waals surface area contributed by atoms with Gasteiger partial charge in [0.05, 0.1) is 4.34 Å². The van der Waals surface area contributed by atoms with E-state index in [1.807, 2.05) is 17.7 Å². The summed E-state index contributed by atoms with van der Waals surface area (Å²) in [6, 6.07) is 1.67. The molecule has 0 spiro atoms. The van der Waals surface area contributed by atoms with Crippen LogP contribution in [0.5, 0.6) is 0 Å². The van der Waals surface area contributed by atoms with Gasteiger partial charge >= 0.3 is 0 Å². The lowest BCUT2D eigenvalue weighted by Gasteiger charge is -2.11. The molecule has 0 aliphatic carbocycles. The van der Waals surface area contributed by atoms with E-state index in [0.717, 1.165) is 6.54 Å². The van der Waals surface area contributed by atoms with Gasteiger partial charge < -0.3 is 9.67 Å². The van der Waals surface area contributed by atoms with Crippen molar-refractivity contribution < 1.29 is 5.11 Å². The first-order valence-corrected chi connectivity index (χ1v) is 6.34. The van der Waals surface area contributed by atoms with Crippen LogP contribution in [0.2, 0.25) is 8.67 Å². The zero-order valence-corrected chi connectivity index (χ0v) is 10.9. The molecule has 2 heterocycles. The Morgan fingerprint density at radius 1 is 1.56 bits per heavy atom. The lowest BCUT2D eigenvalue weighted by Crippen LogP contribution is -2.08. The summed E-state index contributed by atoms with van der Waals surface area (Å²) in [4.78, 5) is 4.13. The molecule has 6 heteroatoms. The minimum absolute atomic E-state index is 0.503. The number of rotatable bonds is 3. The summed E-state index contributed by atoms with van der Waals surface area (Å²) in [5, 5.41) is 10.2. The largest absolute Gasteiger partial charge is 0.380 e. The van der Waals surface area contributed by atoms with E-state index in [4.69, 9.17) is 23.2 Å². The molecule has 2 aromatic heterocycles. The van der Waals surface area contributed by atoms with Gasteiger partial charge in [0.1, 0.15) is 16.3 Å². The van der Waals surface area contributed by atoms with Gasteiger partial charge in [0, 0.05) is 24.5 Å². The van der Waals surface area contributed by atoms with Crippen LogP contribution in [0.1, 0.15) is 24.4 Å². The first kappa shape index (κ1) is 11.9. The Bertz CT molecular complexity index is 495. The number of hydrogen-bond acceptors (Lipinski definition) is 3. The summed E-state index contributed by atoms with van der Waals surface area (Å²) < 4.78 is 2.93. The maximum atomic E-state index is 10.2. The van der Waals surface area contributed by atoms with Gasteiger partial charge in [-0.3, -0.25) is 0 Å². The highest BCUT2D eigenvalue weighted by atomic mass is 35.5. The molecule has 0 fully saturated rings. The number of aliphatic hydroxyl groups is 1.